The van der Waals surface area contributed by atoms with Crippen molar-refractivity contribution in [2.75, 3.05) is 13.1 Å². The van der Waals surface area contributed by atoms with E-state index in [1.54, 1.807) is 6.33 Å². The number of hydrogen-bond donors (Lipinski definition) is 1. The molecule has 0 saturated carbocycles. The van der Waals surface area contributed by atoms with Crippen LogP contribution < -0.4 is 0 Å². The number of aromatic nitrogens is 2. The van der Waals surface area contributed by atoms with Crippen molar-refractivity contribution in [2.45, 2.75) is 31.1 Å². The van der Waals surface area contributed by atoms with Crippen LogP contribution in [0, 0.1) is 12.8 Å². The Kier molecular flexibility index (Phi) is 4.43. The Hall–Kier alpha value is -1.26. The van der Waals surface area contributed by atoms with E-state index in [0.717, 1.165) is 12.3 Å². The third kappa shape index (κ3) is 3.64. The molecule has 2 heterocycles. The lowest BCUT2D eigenvalue weighted by Gasteiger charge is -2.14. The highest BCUT2D eigenvalue weighted by Gasteiger charge is 2.23. The predicted octanol–water partition coefficient (Wildman–Crippen LogP) is 3.68. The van der Waals surface area contributed by atoms with E-state index in [2.05, 4.69) is 45.5 Å². The zero-order chi connectivity index (χ0) is 13.8. The minimum Gasteiger partial charge on any atom is -0.348 e. The molecule has 20 heavy (non-hydrogen) atoms. The standard InChI is InChI=1S/C16H21N3S/c1-13-2-6-16(7-3-13)20-19-9-8-14(11-19)4-5-15-10-17-12-18-15/h2-3,6-7,10,12,14H,4-5,8-9,11H2,1H3,(H,17,18). The summed E-state index contributed by atoms with van der Waals surface area (Å²) in [6.45, 7) is 4.54. The molecular weight excluding hydrogens is 266 g/mol. The van der Waals surface area contributed by atoms with Crippen LogP contribution in [0.1, 0.15) is 24.1 Å². The molecule has 0 spiro atoms. The van der Waals surface area contributed by atoms with Crippen LogP contribution in [0.2, 0.25) is 0 Å². The smallest absolute Gasteiger partial charge is 0.0921 e. The Bertz CT molecular complexity index is 521. The minimum atomic E-state index is 0.816. The van der Waals surface area contributed by atoms with Crippen LogP contribution in [-0.2, 0) is 6.42 Å². The molecule has 3 rings (SSSR count). The van der Waals surface area contributed by atoms with Gasteiger partial charge in [-0.2, -0.15) is 0 Å². The summed E-state index contributed by atoms with van der Waals surface area (Å²) in [6.07, 6.45) is 7.39. The fraction of sp³-hybridized carbons (Fsp3) is 0.438. The number of benzene rings is 1. The van der Waals surface area contributed by atoms with Crippen molar-refractivity contribution in [3.8, 4) is 0 Å². The molecule has 4 heteroatoms. The average molecular weight is 287 g/mol. The lowest BCUT2D eigenvalue weighted by atomic mass is 10.0. The van der Waals surface area contributed by atoms with Crippen LogP contribution in [0.15, 0.2) is 41.7 Å². The van der Waals surface area contributed by atoms with E-state index in [9.17, 15) is 0 Å². The summed E-state index contributed by atoms with van der Waals surface area (Å²) in [4.78, 5) is 8.61. The first-order chi connectivity index (χ1) is 9.79. The van der Waals surface area contributed by atoms with E-state index < -0.39 is 0 Å². The fourth-order valence-electron chi connectivity index (χ4n) is 2.64. The van der Waals surface area contributed by atoms with Gasteiger partial charge in [-0.25, -0.2) is 9.29 Å². The normalized spacial score (nSPS) is 19.6. The zero-order valence-corrected chi connectivity index (χ0v) is 12.7. The van der Waals surface area contributed by atoms with E-state index in [0.29, 0.717) is 0 Å². The second-order valence-electron chi connectivity index (χ2n) is 5.56. The topological polar surface area (TPSA) is 31.9 Å². The second kappa shape index (κ2) is 6.46. The van der Waals surface area contributed by atoms with Gasteiger partial charge in [-0.3, -0.25) is 0 Å². The van der Waals surface area contributed by atoms with Crippen LogP contribution >= 0.6 is 11.9 Å². The molecule has 106 valence electrons. The molecule has 1 aromatic carbocycles. The predicted molar refractivity (Wildman–Crippen MR) is 83.6 cm³/mol. The summed E-state index contributed by atoms with van der Waals surface area (Å²) in [7, 11) is 0. The lowest BCUT2D eigenvalue weighted by molar-refractivity contribution is 0.491. The van der Waals surface area contributed by atoms with Gasteiger partial charge in [0.05, 0.1) is 6.33 Å². The number of rotatable bonds is 5. The first-order valence-corrected chi connectivity index (χ1v) is 8.04. The first-order valence-electron chi connectivity index (χ1n) is 7.26. The number of nitrogens with one attached hydrogen (secondary N) is 1. The molecule has 1 fully saturated rings. The summed E-state index contributed by atoms with van der Waals surface area (Å²) in [5.41, 5.74) is 2.59. The van der Waals surface area contributed by atoms with Gasteiger partial charge in [-0.15, -0.1) is 0 Å². The SMILES string of the molecule is Cc1ccc(SN2CCC(CCc3cnc[nH]3)C2)cc1. The van der Waals surface area contributed by atoms with Gasteiger partial charge in [0, 0.05) is 29.9 Å². The van der Waals surface area contributed by atoms with Gasteiger partial charge in [0.15, 0.2) is 0 Å². The monoisotopic (exact) mass is 287 g/mol. The maximum Gasteiger partial charge on any atom is 0.0921 e. The van der Waals surface area contributed by atoms with Crippen molar-refractivity contribution in [2.24, 2.45) is 5.92 Å². The van der Waals surface area contributed by atoms with Gasteiger partial charge in [0.1, 0.15) is 0 Å². The Balaban J connectivity index is 1.46. The van der Waals surface area contributed by atoms with Gasteiger partial charge in [-0.05, 0) is 56.2 Å². The molecule has 1 unspecified atom stereocenters. The van der Waals surface area contributed by atoms with Crippen molar-refractivity contribution < 1.29 is 0 Å². The van der Waals surface area contributed by atoms with E-state index in [1.807, 2.05) is 18.1 Å². The highest BCUT2D eigenvalue weighted by Crippen LogP contribution is 2.31. The number of aromatic amines is 1. The largest absolute Gasteiger partial charge is 0.348 e. The average Bonchev–Trinajstić information content (AvgIpc) is 3.10. The van der Waals surface area contributed by atoms with Crippen LogP contribution in [0.3, 0.4) is 0 Å². The highest BCUT2D eigenvalue weighted by atomic mass is 32.2. The van der Waals surface area contributed by atoms with Crippen molar-refractivity contribution >= 4 is 11.9 Å². The van der Waals surface area contributed by atoms with Crippen molar-refractivity contribution in [1.82, 2.24) is 14.3 Å². The molecule has 0 radical (unpaired) electrons. The highest BCUT2D eigenvalue weighted by molar-refractivity contribution is 7.97. The fourth-order valence-corrected chi connectivity index (χ4v) is 3.68. The summed E-state index contributed by atoms with van der Waals surface area (Å²) in [5.74, 6) is 0.816. The van der Waals surface area contributed by atoms with Crippen LogP contribution in [-0.4, -0.2) is 27.4 Å². The molecule has 3 nitrogen and oxygen atoms in total. The number of imidazole rings is 1. The molecule has 1 aromatic heterocycles. The molecule has 1 aliphatic heterocycles. The van der Waals surface area contributed by atoms with Crippen LogP contribution in [0.5, 0.6) is 0 Å². The van der Waals surface area contributed by atoms with Crippen LogP contribution in [0.25, 0.3) is 0 Å². The Morgan fingerprint density at radius 3 is 2.95 bits per heavy atom. The van der Waals surface area contributed by atoms with Crippen molar-refractivity contribution in [1.29, 1.82) is 0 Å². The number of aryl methyl sites for hydroxylation is 2. The molecule has 1 saturated heterocycles. The van der Waals surface area contributed by atoms with Crippen molar-refractivity contribution in [3.05, 3.63) is 48.0 Å². The summed E-state index contributed by atoms with van der Waals surface area (Å²) >= 11 is 1.90. The molecule has 0 aliphatic carbocycles. The zero-order valence-electron chi connectivity index (χ0n) is 11.9. The number of nitrogens with zero attached hydrogens (tertiary/aromatic N) is 2. The van der Waals surface area contributed by atoms with E-state index in [4.69, 9.17) is 0 Å². The molecule has 1 atom stereocenters. The maximum absolute atomic E-state index is 4.08. The minimum absolute atomic E-state index is 0.816. The quantitative estimate of drug-likeness (QED) is 0.851. The Labute approximate surface area is 124 Å². The Morgan fingerprint density at radius 2 is 2.20 bits per heavy atom. The molecule has 0 bridgehead atoms. The number of hydrogen-bond acceptors (Lipinski definition) is 3. The van der Waals surface area contributed by atoms with Gasteiger partial charge in [-0.1, -0.05) is 17.7 Å². The molecular formula is C16H21N3S. The van der Waals surface area contributed by atoms with E-state index >= 15 is 0 Å². The third-order valence-electron chi connectivity index (χ3n) is 3.88. The molecule has 2 aromatic rings. The molecule has 1 aliphatic rings. The second-order valence-corrected chi connectivity index (χ2v) is 6.73. The maximum atomic E-state index is 4.08. The van der Waals surface area contributed by atoms with Gasteiger partial charge in [0.25, 0.3) is 0 Å². The lowest BCUT2D eigenvalue weighted by Crippen LogP contribution is -2.12. The Morgan fingerprint density at radius 1 is 1.35 bits per heavy atom. The van der Waals surface area contributed by atoms with Crippen molar-refractivity contribution in [3.63, 3.8) is 0 Å². The van der Waals surface area contributed by atoms with E-state index in [-0.39, 0.29) is 0 Å². The first kappa shape index (κ1) is 13.7. The summed E-state index contributed by atoms with van der Waals surface area (Å²) in [6, 6.07) is 8.82. The van der Waals surface area contributed by atoms with Gasteiger partial charge in [0.2, 0.25) is 0 Å². The molecule has 1 N–H and O–H groups in total. The summed E-state index contributed by atoms with van der Waals surface area (Å²) in [5, 5.41) is 0. The molecule has 0 amide bonds. The van der Waals surface area contributed by atoms with Gasteiger partial charge >= 0.3 is 0 Å². The number of H-pyrrole nitrogens is 1. The third-order valence-corrected chi connectivity index (χ3v) is 4.95. The van der Waals surface area contributed by atoms with E-state index in [1.165, 1.54) is 42.1 Å². The van der Waals surface area contributed by atoms with Gasteiger partial charge < -0.3 is 4.98 Å². The summed E-state index contributed by atoms with van der Waals surface area (Å²) < 4.78 is 2.50. The van der Waals surface area contributed by atoms with Crippen LogP contribution in [0.4, 0.5) is 0 Å².